The Morgan fingerprint density at radius 1 is 1.05 bits per heavy atom. The molecule has 2 aliphatic rings. The van der Waals surface area contributed by atoms with Crippen molar-refractivity contribution in [2.45, 2.75) is 57.0 Å². The van der Waals surface area contributed by atoms with Crippen LogP contribution in [-0.2, 0) is 11.3 Å². The number of amides is 3. The lowest BCUT2D eigenvalue weighted by Gasteiger charge is -2.28. The van der Waals surface area contributed by atoms with Gasteiger partial charge in [-0.2, -0.15) is 0 Å². The van der Waals surface area contributed by atoms with Crippen LogP contribution in [0, 0.1) is 0 Å². The van der Waals surface area contributed by atoms with Gasteiger partial charge in [-0.3, -0.25) is 9.69 Å². The van der Waals surface area contributed by atoms with E-state index in [4.69, 9.17) is 0 Å². The van der Waals surface area contributed by atoms with Crippen molar-refractivity contribution in [1.29, 1.82) is 0 Å². The second-order valence-electron chi connectivity index (χ2n) is 6.26. The molecule has 3 rings (SSSR count). The van der Waals surface area contributed by atoms with E-state index in [2.05, 4.69) is 21.2 Å². The molecule has 1 saturated heterocycles. The summed E-state index contributed by atoms with van der Waals surface area (Å²) >= 11 is 3.48. The predicted octanol–water partition coefficient (Wildman–Crippen LogP) is 3.98. The van der Waals surface area contributed by atoms with Gasteiger partial charge in [-0.05, 0) is 24.5 Å². The van der Waals surface area contributed by atoms with Crippen LogP contribution in [0.5, 0.6) is 0 Å². The van der Waals surface area contributed by atoms with E-state index in [0.29, 0.717) is 6.54 Å². The van der Waals surface area contributed by atoms with Crippen molar-refractivity contribution in [2.24, 2.45) is 0 Å². The number of hydrogen-bond acceptors (Lipinski definition) is 2. The maximum atomic E-state index is 12.9. The number of imide groups is 1. The summed E-state index contributed by atoms with van der Waals surface area (Å²) in [5.74, 6) is -0.0462. The minimum absolute atomic E-state index is 0.0462. The summed E-state index contributed by atoms with van der Waals surface area (Å²) in [7, 11) is 0. The number of carbonyl (C=O) groups excluding carboxylic acids is 2. The number of urea groups is 1. The highest BCUT2D eigenvalue weighted by Crippen LogP contribution is 2.33. The van der Waals surface area contributed by atoms with Crippen LogP contribution in [0.15, 0.2) is 28.7 Å². The van der Waals surface area contributed by atoms with Crippen LogP contribution in [0.25, 0.3) is 0 Å². The van der Waals surface area contributed by atoms with Crippen molar-refractivity contribution in [3.8, 4) is 0 Å². The molecule has 1 saturated carbocycles. The molecule has 1 aromatic rings. The van der Waals surface area contributed by atoms with Crippen LogP contribution in [-0.4, -0.2) is 22.4 Å². The Kier molecular flexibility index (Phi) is 4.52. The topological polar surface area (TPSA) is 49.4 Å². The number of nitrogens with one attached hydrogen (secondary N) is 1. The zero-order valence-electron chi connectivity index (χ0n) is 12.6. The summed E-state index contributed by atoms with van der Waals surface area (Å²) < 4.78 is 0.925. The first kappa shape index (κ1) is 15.5. The van der Waals surface area contributed by atoms with E-state index in [0.717, 1.165) is 48.6 Å². The molecular weight excluding hydrogens is 344 g/mol. The molecule has 1 heterocycles. The maximum Gasteiger partial charge on any atom is 0.325 e. The molecule has 1 aliphatic carbocycles. The van der Waals surface area contributed by atoms with Crippen LogP contribution in [0.1, 0.15) is 50.5 Å². The first-order valence-electron chi connectivity index (χ1n) is 8.00. The lowest BCUT2D eigenvalue weighted by molar-refractivity contribution is -0.132. The molecule has 5 heteroatoms. The number of hydrogen-bond donors (Lipinski definition) is 1. The minimum Gasteiger partial charge on any atom is -0.323 e. The van der Waals surface area contributed by atoms with Gasteiger partial charge >= 0.3 is 6.03 Å². The lowest BCUT2D eigenvalue weighted by Crippen LogP contribution is -2.47. The summed E-state index contributed by atoms with van der Waals surface area (Å²) in [6.07, 6.45) is 7.08. The smallest absolute Gasteiger partial charge is 0.323 e. The van der Waals surface area contributed by atoms with E-state index >= 15 is 0 Å². The zero-order chi connectivity index (χ0) is 15.6. The van der Waals surface area contributed by atoms with Gasteiger partial charge in [-0.1, -0.05) is 66.2 Å². The monoisotopic (exact) mass is 364 g/mol. The van der Waals surface area contributed by atoms with Crippen LogP contribution in [0.2, 0.25) is 0 Å². The summed E-state index contributed by atoms with van der Waals surface area (Å²) in [5, 5.41) is 3.00. The standard InChI is InChI=1S/C17H21BrN2O2/c18-14-9-5-4-8-13(14)12-20-15(21)17(19-16(20)22)10-6-2-1-3-7-11-17/h4-5,8-9H,1-3,6-7,10-12H2,(H,19,22). The molecule has 1 aliphatic heterocycles. The average Bonchev–Trinajstić information content (AvgIpc) is 2.70. The van der Waals surface area contributed by atoms with Gasteiger partial charge in [0.1, 0.15) is 5.54 Å². The van der Waals surface area contributed by atoms with Gasteiger partial charge in [-0.15, -0.1) is 0 Å². The number of rotatable bonds is 2. The van der Waals surface area contributed by atoms with Gasteiger partial charge in [0.25, 0.3) is 5.91 Å². The van der Waals surface area contributed by atoms with Crippen molar-refractivity contribution < 1.29 is 9.59 Å². The predicted molar refractivity (Wildman–Crippen MR) is 88.3 cm³/mol. The summed E-state index contributed by atoms with van der Waals surface area (Å²) in [6, 6.07) is 7.47. The molecule has 4 nitrogen and oxygen atoms in total. The molecule has 1 spiro atoms. The van der Waals surface area contributed by atoms with E-state index < -0.39 is 5.54 Å². The maximum absolute atomic E-state index is 12.9. The Hall–Kier alpha value is -1.36. The third-order valence-corrected chi connectivity index (χ3v) is 5.51. The second kappa shape index (κ2) is 6.41. The largest absolute Gasteiger partial charge is 0.325 e. The Balaban J connectivity index is 1.80. The Labute approximate surface area is 139 Å². The second-order valence-corrected chi connectivity index (χ2v) is 7.12. The van der Waals surface area contributed by atoms with Crippen LogP contribution >= 0.6 is 15.9 Å². The average molecular weight is 365 g/mol. The molecule has 0 radical (unpaired) electrons. The Morgan fingerprint density at radius 3 is 2.36 bits per heavy atom. The van der Waals surface area contributed by atoms with Crippen molar-refractivity contribution >= 4 is 27.9 Å². The van der Waals surface area contributed by atoms with E-state index in [9.17, 15) is 9.59 Å². The Morgan fingerprint density at radius 2 is 1.68 bits per heavy atom. The van der Waals surface area contributed by atoms with Gasteiger partial charge in [0, 0.05) is 4.47 Å². The zero-order valence-corrected chi connectivity index (χ0v) is 14.2. The Bertz CT molecular complexity index is 580. The van der Waals surface area contributed by atoms with Gasteiger partial charge < -0.3 is 5.32 Å². The molecule has 0 unspecified atom stereocenters. The summed E-state index contributed by atoms with van der Waals surface area (Å²) in [5.41, 5.74) is 0.299. The van der Waals surface area contributed by atoms with Crippen LogP contribution in [0.3, 0.4) is 0 Å². The number of carbonyl (C=O) groups is 2. The third kappa shape index (κ3) is 2.91. The quantitative estimate of drug-likeness (QED) is 0.806. The van der Waals surface area contributed by atoms with Gasteiger partial charge in [0.15, 0.2) is 0 Å². The van der Waals surface area contributed by atoms with Gasteiger partial charge in [-0.25, -0.2) is 4.79 Å². The summed E-state index contributed by atoms with van der Waals surface area (Å²) in [6.45, 7) is 0.327. The van der Waals surface area contributed by atoms with E-state index in [1.54, 1.807) is 0 Å². The molecular formula is C17H21BrN2O2. The normalized spacial score (nSPS) is 21.6. The van der Waals surface area contributed by atoms with E-state index in [1.807, 2.05) is 24.3 Å². The molecule has 118 valence electrons. The molecule has 0 atom stereocenters. The minimum atomic E-state index is -0.654. The summed E-state index contributed by atoms with van der Waals surface area (Å²) in [4.78, 5) is 26.6. The number of halogens is 1. The van der Waals surface area contributed by atoms with Crippen molar-refractivity contribution in [3.05, 3.63) is 34.3 Å². The number of benzene rings is 1. The molecule has 1 N–H and O–H groups in total. The highest BCUT2D eigenvalue weighted by Gasteiger charge is 2.50. The SMILES string of the molecule is O=C1NC2(CCCCCCC2)C(=O)N1Cc1ccccc1Br. The fourth-order valence-electron chi connectivity index (χ4n) is 3.46. The van der Waals surface area contributed by atoms with Crippen molar-refractivity contribution in [3.63, 3.8) is 0 Å². The first-order valence-corrected chi connectivity index (χ1v) is 8.79. The van der Waals surface area contributed by atoms with Crippen molar-refractivity contribution in [1.82, 2.24) is 10.2 Å². The molecule has 2 fully saturated rings. The first-order chi connectivity index (χ1) is 10.6. The lowest BCUT2D eigenvalue weighted by atomic mass is 9.84. The highest BCUT2D eigenvalue weighted by molar-refractivity contribution is 9.10. The van der Waals surface area contributed by atoms with E-state index in [1.165, 1.54) is 11.3 Å². The molecule has 22 heavy (non-hydrogen) atoms. The van der Waals surface area contributed by atoms with Crippen LogP contribution in [0.4, 0.5) is 4.79 Å². The molecule has 0 bridgehead atoms. The fraction of sp³-hybridized carbons (Fsp3) is 0.529. The fourth-order valence-corrected chi connectivity index (χ4v) is 3.87. The highest BCUT2D eigenvalue weighted by atomic mass is 79.9. The van der Waals surface area contributed by atoms with Gasteiger partial charge in [0.05, 0.1) is 6.54 Å². The van der Waals surface area contributed by atoms with E-state index in [-0.39, 0.29) is 11.9 Å². The van der Waals surface area contributed by atoms with Crippen LogP contribution < -0.4 is 5.32 Å². The molecule has 3 amide bonds. The van der Waals surface area contributed by atoms with Crippen molar-refractivity contribution in [2.75, 3.05) is 0 Å². The molecule has 0 aromatic heterocycles. The number of nitrogens with zero attached hydrogens (tertiary/aromatic N) is 1. The molecule has 1 aromatic carbocycles. The van der Waals surface area contributed by atoms with Gasteiger partial charge in [0.2, 0.25) is 0 Å². The third-order valence-electron chi connectivity index (χ3n) is 4.74.